The molecule has 39 heavy (non-hydrogen) atoms. The van der Waals surface area contributed by atoms with Crippen LogP contribution in [0.1, 0.15) is 144 Å². The van der Waals surface area contributed by atoms with Gasteiger partial charge in [0.15, 0.2) is 0 Å². The first kappa shape index (κ1) is 35.3. The number of aryl methyl sites for hydroxylation is 1. The molecule has 0 aliphatic carbocycles. The van der Waals surface area contributed by atoms with Crippen molar-refractivity contribution in [2.24, 2.45) is 10.8 Å². The quantitative estimate of drug-likeness (QED) is 0.119. The number of nitrogens with zero attached hydrogens (tertiary/aromatic N) is 2. The molecule has 0 bridgehead atoms. The fraction of sp³-hybridized carbons (Fsp3) is 0.875. The molecule has 0 radical (unpaired) electrons. The lowest BCUT2D eigenvalue weighted by atomic mass is 9.74. The van der Waals surface area contributed by atoms with Crippen LogP contribution in [0.3, 0.4) is 0 Å². The highest BCUT2D eigenvalue weighted by Gasteiger charge is 2.26. The second-order valence-electron chi connectivity index (χ2n) is 11.7. The second-order valence-corrected chi connectivity index (χ2v) is 11.7. The summed E-state index contributed by atoms with van der Waals surface area (Å²) in [5.41, 5.74) is 0.602. The zero-order chi connectivity index (χ0) is 29.2. The maximum Gasteiger partial charge on any atom is 0.331 e. The van der Waals surface area contributed by atoms with E-state index in [1.165, 1.54) is 62.1 Å². The van der Waals surface area contributed by atoms with E-state index < -0.39 is 5.97 Å². The predicted molar refractivity (Wildman–Crippen MR) is 161 cm³/mol. The van der Waals surface area contributed by atoms with E-state index in [0.717, 1.165) is 64.6 Å². The van der Waals surface area contributed by atoms with E-state index in [0.29, 0.717) is 23.9 Å². The van der Waals surface area contributed by atoms with Gasteiger partial charge in [-0.15, -0.1) is 0 Å². The Bertz CT molecular complexity index is 836. The van der Waals surface area contributed by atoms with Crippen molar-refractivity contribution in [2.45, 2.75) is 157 Å². The number of carboxylic acids is 1. The van der Waals surface area contributed by atoms with Crippen LogP contribution in [0.4, 0.5) is 0 Å². The fourth-order valence-electron chi connectivity index (χ4n) is 6.17. The Labute approximate surface area is 238 Å². The average molecular weight is 553 g/mol. The minimum atomic E-state index is -0.684. The van der Waals surface area contributed by atoms with Crippen LogP contribution in [0.2, 0.25) is 0 Å². The summed E-state index contributed by atoms with van der Waals surface area (Å²) < 4.78 is 9.03. The number of rotatable bonds is 25. The Morgan fingerprint density at radius 1 is 0.769 bits per heavy atom. The van der Waals surface area contributed by atoms with Crippen LogP contribution in [0.15, 0.2) is 11.0 Å². The van der Waals surface area contributed by atoms with Gasteiger partial charge in [0.05, 0.1) is 6.20 Å². The Balaban J connectivity index is 2.25. The van der Waals surface area contributed by atoms with E-state index in [4.69, 9.17) is 9.84 Å². The van der Waals surface area contributed by atoms with Crippen molar-refractivity contribution in [3.63, 3.8) is 0 Å². The molecular formula is C32H60N2O5. The third-order valence-electron chi connectivity index (χ3n) is 9.54. The van der Waals surface area contributed by atoms with Crippen LogP contribution in [0.5, 0.6) is 5.88 Å². The molecule has 1 aromatic heterocycles. The van der Waals surface area contributed by atoms with Crippen molar-refractivity contribution >= 4 is 5.97 Å². The van der Waals surface area contributed by atoms with Crippen molar-refractivity contribution in [3.8, 4) is 5.88 Å². The van der Waals surface area contributed by atoms with Gasteiger partial charge in [0.1, 0.15) is 0 Å². The van der Waals surface area contributed by atoms with Gasteiger partial charge >= 0.3 is 11.7 Å². The molecule has 7 nitrogen and oxygen atoms in total. The molecule has 228 valence electrons. The van der Waals surface area contributed by atoms with Gasteiger partial charge in [-0.2, -0.15) is 0 Å². The summed E-state index contributed by atoms with van der Waals surface area (Å²) in [7, 11) is 0. The van der Waals surface area contributed by atoms with Gasteiger partial charge < -0.3 is 14.9 Å². The van der Waals surface area contributed by atoms with Gasteiger partial charge in [-0.3, -0.25) is 13.9 Å². The molecule has 0 atom stereocenters. The maximum absolute atomic E-state index is 12.3. The van der Waals surface area contributed by atoms with Crippen LogP contribution in [0, 0.1) is 10.8 Å². The fourth-order valence-corrected chi connectivity index (χ4v) is 6.17. The lowest BCUT2D eigenvalue weighted by Crippen LogP contribution is -2.24. The SMILES string of the molecule is CCn1cc(O)n(CCCCC(CC)(CC)CCCCOCCCCC(CC)(CC)CCCCC(=O)O)c1=O. The molecule has 2 N–H and O–H groups in total. The molecule has 0 saturated carbocycles. The molecule has 0 fully saturated rings. The highest BCUT2D eigenvalue weighted by molar-refractivity contribution is 5.66. The minimum absolute atomic E-state index is 0.0714. The minimum Gasteiger partial charge on any atom is -0.493 e. The number of aromatic nitrogens is 2. The highest BCUT2D eigenvalue weighted by atomic mass is 16.5. The third-order valence-corrected chi connectivity index (χ3v) is 9.54. The number of carbonyl (C=O) groups is 1. The highest BCUT2D eigenvalue weighted by Crippen LogP contribution is 2.39. The first-order valence-electron chi connectivity index (χ1n) is 16.0. The van der Waals surface area contributed by atoms with E-state index in [9.17, 15) is 14.7 Å². The lowest BCUT2D eigenvalue weighted by Gasteiger charge is -2.32. The number of carboxylic acid groups (broad SMARTS) is 1. The van der Waals surface area contributed by atoms with Gasteiger partial charge in [-0.25, -0.2) is 4.79 Å². The van der Waals surface area contributed by atoms with E-state index >= 15 is 0 Å². The predicted octanol–water partition coefficient (Wildman–Crippen LogP) is 8.16. The van der Waals surface area contributed by atoms with Gasteiger partial charge in [-0.1, -0.05) is 79.1 Å². The van der Waals surface area contributed by atoms with Crippen LogP contribution in [-0.4, -0.2) is 38.5 Å². The van der Waals surface area contributed by atoms with E-state index in [2.05, 4.69) is 27.7 Å². The summed E-state index contributed by atoms with van der Waals surface area (Å²) >= 11 is 0. The third kappa shape index (κ3) is 12.5. The first-order chi connectivity index (χ1) is 18.7. The molecule has 0 unspecified atom stereocenters. The maximum atomic E-state index is 12.3. The monoisotopic (exact) mass is 552 g/mol. The molecular weight excluding hydrogens is 492 g/mol. The Hall–Kier alpha value is -1.76. The van der Waals surface area contributed by atoms with E-state index in [1.807, 2.05) is 6.92 Å². The summed E-state index contributed by atoms with van der Waals surface area (Å²) in [6, 6.07) is 0. The molecule has 0 aliphatic heterocycles. The van der Waals surface area contributed by atoms with Gasteiger partial charge in [0.2, 0.25) is 5.88 Å². The Morgan fingerprint density at radius 3 is 1.64 bits per heavy atom. The number of aromatic hydroxyl groups is 1. The van der Waals surface area contributed by atoms with Crippen LogP contribution in [0.25, 0.3) is 0 Å². The van der Waals surface area contributed by atoms with Crippen LogP contribution >= 0.6 is 0 Å². The van der Waals surface area contributed by atoms with Crippen molar-refractivity contribution in [1.82, 2.24) is 9.13 Å². The van der Waals surface area contributed by atoms with E-state index in [1.54, 1.807) is 4.57 Å². The number of aliphatic carboxylic acids is 1. The Morgan fingerprint density at radius 2 is 1.23 bits per heavy atom. The number of hydrogen-bond donors (Lipinski definition) is 2. The van der Waals surface area contributed by atoms with Crippen molar-refractivity contribution < 1.29 is 19.7 Å². The summed E-state index contributed by atoms with van der Waals surface area (Å²) in [5.74, 6) is -0.613. The van der Waals surface area contributed by atoms with Gasteiger partial charge in [0.25, 0.3) is 0 Å². The second kappa shape index (κ2) is 19.3. The molecule has 1 aromatic rings. The molecule has 1 rings (SSSR count). The summed E-state index contributed by atoms with van der Waals surface area (Å²) in [5, 5.41) is 18.9. The standard InChI is InChI=1S/C32H60N2O5/c1-6-31(7-2,20-12-11-19-29(36)37)22-14-17-25-39-26-18-15-23-32(8-3,9-4)21-13-16-24-34-28(35)27-33(10-5)30(34)38/h27,35H,6-26H2,1-5H3,(H,36,37). The summed E-state index contributed by atoms with van der Waals surface area (Å²) in [4.78, 5) is 23.1. The normalized spacial score (nSPS) is 12.3. The van der Waals surface area contributed by atoms with Crippen LogP contribution < -0.4 is 5.69 Å². The van der Waals surface area contributed by atoms with Gasteiger partial charge in [0, 0.05) is 32.7 Å². The Kier molecular flexibility index (Phi) is 17.5. The van der Waals surface area contributed by atoms with Crippen molar-refractivity contribution in [1.29, 1.82) is 0 Å². The average Bonchev–Trinajstić information content (AvgIpc) is 3.22. The van der Waals surface area contributed by atoms with Crippen molar-refractivity contribution in [2.75, 3.05) is 13.2 Å². The zero-order valence-corrected chi connectivity index (χ0v) is 25.9. The molecule has 0 aliphatic rings. The lowest BCUT2D eigenvalue weighted by molar-refractivity contribution is -0.137. The van der Waals surface area contributed by atoms with Crippen molar-refractivity contribution in [3.05, 3.63) is 16.7 Å². The molecule has 0 amide bonds. The molecule has 0 saturated heterocycles. The molecule has 0 aromatic carbocycles. The summed E-state index contributed by atoms with van der Waals surface area (Å²) in [6.45, 7) is 13.9. The molecule has 0 spiro atoms. The number of ether oxygens (including phenoxy) is 1. The topological polar surface area (TPSA) is 93.7 Å². The number of hydrogen-bond acceptors (Lipinski definition) is 4. The molecule has 1 heterocycles. The summed E-state index contributed by atoms with van der Waals surface area (Å²) in [6.07, 6.45) is 19.6. The first-order valence-corrected chi connectivity index (χ1v) is 16.0. The van der Waals surface area contributed by atoms with Crippen LogP contribution in [-0.2, 0) is 22.6 Å². The largest absolute Gasteiger partial charge is 0.493 e. The smallest absolute Gasteiger partial charge is 0.331 e. The zero-order valence-electron chi connectivity index (χ0n) is 25.9. The number of unbranched alkanes of at least 4 members (excludes halogenated alkanes) is 4. The van der Waals surface area contributed by atoms with Gasteiger partial charge in [-0.05, 0) is 69.1 Å². The number of imidazole rings is 1. The van der Waals surface area contributed by atoms with E-state index in [-0.39, 0.29) is 18.0 Å². The molecule has 7 heteroatoms.